The van der Waals surface area contributed by atoms with Crippen LogP contribution >= 0.6 is 11.6 Å². The summed E-state index contributed by atoms with van der Waals surface area (Å²) in [5.74, 6) is 0.949. The number of aliphatic imine (C=N–C) groups is 1. The molecule has 1 aliphatic carbocycles. The topological polar surface area (TPSA) is 64.7 Å². The molecule has 1 aromatic carbocycles. The van der Waals surface area contributed by atoms with Crippen molar-refractivity contribution in [1.29, 1.82) is 0 Å². The lowest BCUT2D eigenvalue weighted by molar-refractivity contribution is -0.137. The van der Waals surface area contributed by atoms with Crippen LogP contribution in [0.3, 0.4) is 0 Å². The molecule has 3 rings (SSSR count). The van der Waals surface area contributed by atoms with Crippen LogP contribution in [-0.4, -0.2) is 23.8 Å². The lowest BCUT2D eigenvalue weighted by atomic mass is 9.73. The molecule has 2 bridgehead atoms. The average Bonchev–Trinajstić information content (AvgIpc) is 2.47. The summed E-state index contributed by atoms with van der Waals surface area (Å²) in [6, 6.07) is 7.17. The van der Waals surface area contributed by atoms with Gasteiger partial charge in [0.25, 0.3) is 0 Å². The fourth-order valence-corrected chi connectivity index (χ4v) is 3.84. The van der Waals surface area contributed by atoms with E-state index in [9.17, 15) is 4.79 Å². The van der Waals surface area contributed by atoms with Crippen molar-refractivity contribution in [3.8, 4) is 0 Å². The van der Waals surface area contributed by atoms with Crippen molar-refractivity contribution in [1.82, 2.24) is 0 Å². The van der Waals surface area contributed by atoms with Crippen LogP contribution < -0.4 is 5.73 Å². The zero-order valence-electron chi connectivity index (χ0n) is 13.6. The van der Waals surface area contributed by atoms with E-state index in [1.54, 1.807) is 6.07 Å². The minimum absolute atomic E-state index is 0.0114. The minimum Gasteiger partial charge on any atom is -0.468 e. The molecule has 23 heavy (non-hydrogen) atoms. The molecule has 3 atom stereocenters. The molecule has 2 N–H and O–H groups in total. The molecule has 1 heterocycles. The molecule has 1 aromatic rings. The second-order valence-electron chi connectivity index (χ2n) is 6.89. The smallest absolute Gasteiger partial charge is 0.205 e. The van der Waals surface area contributed by atoms with Crippen molar-refractivity contribution < 1.29 is 9.53 Å². The van der Waals surface area contributed by atoms with Gasteiger partial charge in [-0.15, -0.1) is 0 Å². The van der Waals surface area contributed by atoms with Gasteiger partial charge in [-0.05, 0) is 37.7 Å². The van der Waals surface area contributed by atoms with Crippen LogP contribution in [0.25, 0.3) is 0 Å². The zero-order chi connectivity index (χ0) is 16.6. The van der Waals surface area contributed by atoms with Crippen LogP contribution in [0.4, 0.5) is 0 Å². The van der Waals surface area contributed by atoms with E-state index < -0.39 is 11.6 Å². The SMILES string of the molecule is CC(C)CC(N)C1=NC2(c3ccccc3Cl)CCCC(O1)C2=O. The first-order valence-corrected chi connectivity index (χ1v) is 8.63. The highest BCUT2D eigenvalue weighted by atomic mass is 35.5. The lowest BCUT2D eigenvalue weighted by Gasteiger charge is -2.42. The summed E-state index contributed by atoms with van der Waals surface area (Å²) in [4.78, 5) is 17.7. The molecule has 0 saturated heterocycles. The molecule has 0 radical (unpaired) electrons. The number of hydrogen-bond donors (Lipinski definition) is 1. The van der Waals surface area contributed by atoms with Gasteiger partial charge in [0.2, 0.25) is 11.7 Å². The van der Waals surface area contributed by atoms with Crippen molar-refractivity contribution in [3.05, 3.63) is 34.9 Å². The Hall–Kier alpha value is -1.39. The number of carbonyl (C=O) groups excluding carboxylic acids is 1. The molecule has 1 fully saturated rings. The maximum Gasteiger partial charge on any atom is 0.205 e. The van der Waals surface area contributed by atoms with E-state index in [4.69, 9.17) is 27.1 Å². The highest BCUT2D eigenvalue weighted by Crippen LogP contribution is 2.44. The molecule has 5 heteroatoms. The second kappa shape index (κ2) is 6.25. The maximum atomic E-state index is 12.9. The highest BCUT2D eigenvalue weighted by molar-refractivity contribution is 6.32. The van der Waals surface area contributed by atoms with Gasteiger partial charge >= 0.3 is 0 Å². The largest absolute Gasteiger partial charge is 0.468 e. The second-order valence-corrected chi connectivity index (χ2v) is 7.30. The Kier molecular flexibility index (Phi) is 4.47. The van der Waals surface area contributed by atoms with Gasteiger partial charge in [0.05, 0.1) is 6.04 Å². The average molecular weight is 335 g/mol. The Bertz CT molecular complexity index is 644. The van der Waals surface area contributed by atoms with E-state index in [1.165, 1.54) is 0 Å². The van der Waals surface area contributed by atoms with Crippen molar-refractivity contribution in [2.24, 2.45) is 16.6 Å². The van der Waals surface area contributed by atoms with Gasteiger partial charge in [-0.2, -0.15) is 0 Å². The number of halogens is 1. The summed E-state index contributed by atoms with van der Waals surface area (Å²) in [7, 11) is 0. The van der Waals surface area contributed by atoms with Gasteiger partial charge in [-0.25, -0.2) is 4.99 Å². The molecule has 1 saturated carbocycles. The summed E-state index contributed by atoms with van der Waals surface area (Å²) >= 11 is 6.38. The van der Waals surface area contributed by atoms with Gasteiger partial charge in [-0.1, -0.05) is 43.6 Å². The molecular formula is C18H23ClN2O2. The fourth-order valence-electron chi connectivity index (χ4n) is 3.55. The zero-order valence-corrected chi connectivity index (χ0v) is 14.3. The maximum absolute atomic E-state index is 12.9. The minimum atomic E-state index is -0.927. The quantitative estimate of drug-likeness (QED) is 0.917. The monoisotopic (exact) mass is 334 g/mol. The number of ketones is 1. The van der Waals surface area contributed by atoms with Crippen molar-refractivity contribution >= 4 is 23.3 Å². The van der Waals surface area contributed by atoms with Gasteiger partial charge in [-0.3, -0.25) is 4.79 Å². The van der Waals surface area contributed by atoms with Gasteiger partial charge in [0, 0.05) is 10.6 Å². The van der Waals surface area contributed by atoms with Crippen molar-refractivity contribution in [2.75, 3.05) is 0 Å². The van der Waals surface area contributed by atoms with Crippen LogP contribution in [0, 0.1) is 5.92 Å². The van der Waals surface area contributed by atoms with Crippen molar-refractivity contribution in [2.45, 2.75) is 57.2 Å². The molecule has 0 amide bonds. The number of Topliss-reactive ketones (excluding diaryl/α,β-unsaturated/α-hetero) is 1. The first-order chi connectivity index (χ1) is 10.9. The molecule has 0 aromatic heterocycles. The summed E-state index contributed by atoms with van der Waals surface area (Å²) < 4.78 is 5.85. The summed E-state index contributed by atoms with van der Waals surface area (Å²) in [5.41, 5.74) is 6.12. The Morgan fingerprint density at radius 3 is 2.87 bits per heavy atom. The van der Waals surface area contributed by atoms with Crippen LogP contribution in [0.2, 0.25) is 5.02 Å². The first kappa shape index (κ1) is 16.5. The normalized spacial score (nSPS) is 28.3. The Morgan fingerprint density at radius 1 is 1.43 bits per heavy atom. The Balaban J connectivity index is 2.07. The van der Waals surface area contributed by atoms with Gasteiger partial charge in [0.1, 0.15) is 0 Å². The van der Waals surface area contributed by atoms with Crippen LogP contribution in [0.15, 0.2) is 29.3 Å². The third kappa shape index (κ3) is 2.90. The number of fused-ring (bicyclic) bond motifs is 2. The van der Waals surface area contributed by atoms with Crippen LogP contribution in [0.1, 0.15) is 45.1 Å². The molecule has 3 unspecified atom stereocenters. The first-order valence-electron chi connectivity index (χ1n) is 8.25. The Labute approximate surface area is 142 Å². The molecular weight excluding hydrogens is 312 g/mol. The lowest BCUT2D eigenvalue weighted by Crippen LogP contribution is -2.54. The van der Waals surface area contributed by atoms with Crippen molar-refractivity contribution in [3.63, 3.8) is 0 Å². The van der Waals surface area contributed by atoms with E-state index in [1.807, 2.05) is 18.2 Å². The van der Waals surface area contributed by atoms with Gasteiger partial charge in [0.15, 0.2) is 11.6 Å². The summed E-state index contributed by atoms with van der Waals surface area (Å²) in [6.07, 6.45) is 2.59. The standard InChI is InChI=1S/C18H23ClN2O2/c1-11(2)10-14(20)17-21-18(12-6-3-4-7-13(12)19)9-5-8-15(23-17)16(18)22/h3-4,6-7,11,14-15H,5,8-10,20H2,1-2H3. The van der Waals surface area contributed by atoms with E-state index in [0.29, 0.717) is 23.3 Å². The fraction of sp³-hybridized carbons (Fsp3) is 0.556. The van der Waals surface area contributed by atoms with Crippen LogP contribution in [0.5, 0.6) is 0 Å². The third-order valence-corrected chi connectivity index (χ3v) is 4.96. The number of nitrogens with two attached hydrogens (primary N) is 1. The third-order valence-electron chi connectivity index (χ3n) is 4.63. The number of rotatable bonds is 4. The number of hydrogen-bond acceptors (Lipinski definition) is 4. The van der Waals surface area contributed by atoms with E-state index in [-0.39, 0.29) is 11.8 Å². The summed E-state index contributed by atoms with van der Waals surface area (Å²) in [5, 5.41) is 0.573. The molecule has 124 valence electrons. The number of ether oxygens (including phenoxy) is 1. The molecule has 2 aliphatic rings. The summed E-state index contributed by atoms with van der Waals surface area (Å²) in [6.45, 7) is 4.22. The number of nitrogens with zero attached hydrogens (tertiary/aromatic N) is 1. The predicted molar refractivity (Wildman–Crippen MR) is 91.7 cm³/mol. The molecule has 4 nitrogen and oxygen atoms in total. The predicted octanol–water partition coefficient (Wildman–Crippen LogP) is 3.46. The molecule has 0 spiro atoms. The van der Waals surface area contributed by atoms with E-state index in [2.05, 4.69) is 13.8 Å². The molecule has 1 aliphatic heterocycles. The number of carbonyl (C=O) groups is 1. The van der Waals surface area contributed by atoms with E-state index >= 15 is 0 Å². The highest BCUT2D eigenvalue weighted by Gasteiger charge is 2.52. The van der Waals surface area contributed by atoms with Crippen LogP contribution in [-0.2, 0) is 15.1 Å². The van der Waals surface area contributed by atoms with E-state index in [0.717, 1.165) is 24.8 Å². The number of benzene rings is 1. The Morgan fingerprint density at radius 2 is 2.17 bits per heavy atom. The van der Waals surface area contributed by atoms with Gasteiger partial charge < -0.3 is 10.5 Å².